The smallest absolute Gasteiger partial charge is 0.336 e. The summed E-state index contributed by atoms with van der Waals surface area (Å²) in [7, 11) is 0. The molecule has 0 saturated heterocycles. The number of ether oxygens (including phenoxy) is 1. The van der Waals surface area contributed by atoms with Gasteiger partial charge < -0.3 is 10.1 Å². The number of esters is 1. The Balaban J connectivity index is 2.29. The molecule has 0 aromatic heterocycles. The van der Waals surface area contributed by atoms with Crippen LogP contribution in [0.2, 0.25) is 5.02 Å². The summed E-state index contributed by atoms with van der Waals surface area (Å²) >= 11 is 6.29. The lowest BCUT2D eigenvalue weighted by atomic mass is 9.84. The molecule has 1 N–H and O–H groups in total. The van der Waals surface area contributed by atoms with Crippen molar-refractivity contribution >= 4 is 23.5 Å². The van der Waals surface area contributed by atoms with Crippen molar-refractivity contribution in [3.05, 3.63) is 46.1 Å². The van der Waals surface area contributed by atoms with Crippen LogP contribution in [0.4, 0.5) is 0 Å². The van der Waals surface area contributed by atoms with E-state index in [9.17, 15) is 9.59 Å². The van der Waals surface area contributed by atoms with E-state index in [4.69, 9.17) is 16.3 Å². The van der Waals surface area contributed by atoms with Crippen LogP contribution in [0.3, 0.4) is 0 Å². The molecule has 1 atom stereocenters. The Bertz CT molecular complexity index is 650. The lowest BCUT2D eigenvalue weighted by Gasteiger charge is -2.27. The second-order valence-electron chi connectivity index (χ2n) is 6.15. The molecular formula is C19H24ClNO3. The van der Waals surface area contributed by atoms with Gasteiger partial charge in [-0.05, 0) is 24.5 Å². The molecule has 4 nitrogen and oxygen atoms in total. The Morgan fingerprint density at radius 1 is 1.33 bits per heavy atom. The van der Waals surface area contributed by atoms with Crippen LogP contribution in [0.1, 0.15) is 51.5 Å². The number of nitrogens with one attached hydrogen (secondary N) is 1. The zero-order chi connectivity index (χ0) is 17.7. The normalized spacial score (nSPS) is 17.9. The summed E-state index contributed by atoms with van der Waals surface area (Å²) in [6.45, 7) is 6.29. The second kappa shape index (κ2) is 8.34. The standard InChI is InChI=1S/C19H24ClNO3/c1-4-13(5-2)11-24-19(23)18-12(3)21-17(22)10-15(18)14-8-6-7-9-16(14)20/h6-9,13,15H,4-5,10-11H2,1-3H3,(H,21,22). The van der Waals surface area contributed by atoms with Crippen molar-refractivity contribution in [3.8, 4) is 0 Å². The summed E-state index contributed by atoms with van der Waals surface area (Å²) in [6, 6.07) is 7.31. The van der Waals surface area contributed by atoms with Crippen LogP contribution in [0.25, 0.3) is 0 Å². The van der Waals surface area contributed by atoms with E-state index in [0.717, 1.165) is 18.4 Å². The van der Waals surface area contributed by atoms with Gasteiger partial charge in [-0.15, -0.1) is 0 Å². The first-order valence-corrected chi connectivity index (χ1v) is 8.77. The van der Waals surface area contributed by atoms with E-state index in [2.05, 4.69) is 19.2 Å². The highest BCUT2D eigenvalue weighted by molar-refractivity contribution is 6.31. The topological polar surface area (TPSA) is 55.4 Å². The Morgan fingerprint density at radius 2 is 2.00 bits per heavy atom. The average molecular weight is 350 g/mol. The second-order valence-corrected chi connectivity index (χ2v) is 6.55. The monoisotopic (exact) mass is 349 g/mol. The molecule has 0 radical (unpaired) electrons. The summed E-state index contributed by atoms with van der Waals surface area (Å²) in [5, 5.41) is 3.29. The van der Waals surface area contributed by atoms with Crippen LogP contribution in [-0.4, -0.2) is 18.5 Å². The SMILES string of the molecule is CCC(CC)COC(=O)C1=C(C)NC(=O)CC1c1ccccc1Cl. The van der Waals surface area contributed by atoms with Gasteiger partial charge in [0.1, 0.15) is 0 Å². The van der Waals surface area contributed by atoms with Crippen molar-refractivity contribution < 1.29 is 14.3 Å². The summed E-state index contributed by atoms with van der Waals surface area (Å²) in [4.78, 5) is 24.6. The molecule has 1 aromatic rings. The number of allylic oxidation sites excluding steroid dienone is 1. The van der Waals surface area contributed by atoms with Gasteiger partial charge in [0.05, 0.1) is 12.2 Å². The number of rotatable bonds is 6. The Morgan fingerprint density at radius 3 is 2.62 bits per heavy atom. The Hall–Kier alpha value is -1.81. The van der Waals surface area contributed by atoms with E-state index < -0.39 is 0 Å². The van der Waals surface area contributed by atoms with E-state index in [1.54, 1.807) is 13.0 Å². The van der Waals surface area contributed by atoms with E-state index >= 15 is 0 Å². The molecule has 5 heteroatoms. The maximum Gasteiger partial charge on any atom is 0.336 e. The highest BCUT2D eigenvalue weighted by Gasteiger charge is 2.33. The molecule has 1 aliphatic rings. The van der Waals surface area contributed by atoms with E-state index in [0.29, 0.717) is 28.8 Å². The highest BCUT2D eigenvalue weighted by Crippen LogP contribution is 2.37. The summed E-state index contributed by atoms with van der Waals surface area (Å²) in [5.74, 6) is -0.508. The van der Waals surface area contributed by atoms with Crippen LogP contribution in [0.15, 0.2) is 35.5 Å². The number of carbonyl (C=O) groups is 2. The largest absolute Gasteiger partial charge is 0.462 e. The molecule has 0 aliphatic carbocycles. The zero-order valence-corrected chi connectivity index (χ0v) is 15.2. The van der Waals surface area contributed by atoms with Gasteiger partial charge in [-0.1, -0.05) is 56.5 Å². The summed E-state index contributed by atoms with van der Waals surface area (Å²) < 4.78 is 5.53. The number of carbonyl (C=O) groups excluding carboxylic acids is 2. The minimum atomic E-state index is -0.373. The predicted molar refractivity (Wildman–Crippen MR) is 94.7 cm³/mol. The Kier molecular flexibility index (Phi) is 6.44. The van der Waals surface area contributed by atoms with Gasteiger partial charge in [0.15, 0.2) is 0 Å². The number of halogens is 1. The third kappa shape index (κ3) is 4.18. The maximum atomic E-state index is 12.7. The van der Waals surface area contributed by atoms with E-state index in [1.165, 1.54) is 0 Å². The number of hydrogen-bond acceptors (Lipinski definition) is 3. The first kappa shape index (κ1) is 18.5. The van der Waals surface area contributed by atoms with E-state index in [1.807, 2.05) is 18.2 Å². The predicted octanol–water partition coefficient (Wildman–Crippen LogP) is 4.20. The molecule has 1 heterocycles. The third-order valence-electron chi connectivity index (χ3n) is 4.57. The molecule has 1 unspecified atom stereocenters. The molecule has 0 spiro atoms. The number of hydrogen-bond donors (Lipinski definition) is 1. The first-order valence-electron chi connectivity index (χ1n) is 8.40. The summed E-state index contributed by atoms with van der Waals surface area (Å²) in [6.07, 6.45) is 2.12. The van der Waals surface area contributed by atoms with Crippen molar-refractivity contribution in [3.63, 3.8) is 0 Å². The van der Waals surface area contributed by atoms with Gasteiger partial charge in [-0.25, -0.2) is 4.79 Å². The molecule has 0 saturated carbocycles. The van der Waals surface area contributed by atoms with Gasteiger partial charge in [-0.2, -0.15) is 0 Å². The molecule has 24 heavy (non-hydrogen) atoms. The van der Waals surface area contributed by atoms with Gasteiger partial charge in [-0.3, -0.25) is 4.79 Å². The minimum absolute atomic E-state index is 0.117. The number of amides is 1. The fraction of sp³-hybridized carbons (Fsp3) is 0.474. The molecule has 1 aromatic carbocycles. The molecule has 1 amide bonds. The lowest BCUT2D eigenvalue weighted by molar-refractivity contribution is -0.141. The fourth-order valence-corrected chi connectivity index (χ4v) is 3.26. The molecule has 1 aliphatic heterocycles. The molecule has 130 valence electrons. The van der Waals surface area contributed by atoms with Gasteiger partial charge in [0, 0.05) is 23.1 Å². The van der Waals surface area contributed by atoms with Crippen LogP contribution in [-0.2, 0) is 14.3 Å². The van der Waals surface area contributed by atoms with Crippen molar-refractivity contribution in [1.29, 1.82) is 0 Å². The van der Waals surface area contributed by atoms with Crippen molar-refractivity contribution in [2.75, 3.05) is 6.61 Å². The third-order valence-corrected chi connectivity index (χ3v) is 4.92. The van der Waals surface area contributed by atoms with E-state index in [-0.39, 0.29) is 24.2 Å². The lowest BCUT2D eigenvalue weighted by Crippen LogP contribution is -2.34. The fourth-order valence-electron chi connectivity index (χ4n) is 2.99. The molecule has 0 fully saturated rings. The van der Waals surface area contributed by atoms with Crippen LogP contribution < -0.4 is 5.32 Å². The molecular weight excluding hydrogens is 326 g/mol. The van der Waals surface area contributed by atoms with Crippen LogP contribution in [0.5, 0.6) is 0 Å². The quantitative estimate of drug-likeness (QED) is 0.783. The summed E-state index contributed by atoms with van der Waals surface area (Å²) in [5.41, 5.74) is 1.82. The van der Waals surface area contributed by atoms with Gasteiger partial charge in [0.2, 0.25) is 5.91 Å². The molecule has 2 rings (SSSR count). The van der Waals surface area contributed by atoms with Gasteiger partial charge >= 0.3 is 5.97 Å². The van der Waals surface area contributed by atoms with Crippen molar-refractivity contribution in [1.82, 2.24) is 5.32 Å². The Labute approximate surface area is 148 Å². The average Bonchev–Trinajstić information content (AvgIpc) is 2.55. The molecule has 0 bridgehead atoms. The van der Waals surface area contributed by atoms with Crippen LogP contribution >= 0.6 is 11.6 Å². The van der Waals surface area contributed by atoms with Crippen molar-refractivity contribution in [2.45, 2.75) is 46.0 Å². The first-order chi connectivity index (χ1) is 11.5. The van der Waals surface area contributed by atoms with Crippen molar-refractivity contribution in [2.24, 2.45) is 5.92 Å². The zero-order valence-electron chi connectivity index (χ0n) is 14.4. The highest BCUT2D eigenvalue weighted by atomic mass is 35.5. The van der Waals surface area contributed by atoms with Gasteiger partial charge in [0.25, 0.3) is 0 Å². The number of benzene rings is 1. The minimum Gasteiger partial charge on any atom is -0.462 e. The van der Waals surface area contributed by atoms with Crippen LogP contribution in [0, 0.1) is 5.92 Å². The maximum absolute atomic E-state index is 12.7.